The molecule has 0 fully saturated rings. The van der Waals surface area contributed by atoms with Crippen LogP contribution >= 0.6 is 0 Å². The van der Waals surface area contributed by atoms with Gasteiger partial charge in [0.2, 0.25) is 0 Å². The summed E-state index contributed by atoms with van der Waals surface area (Å²) in [5.74, 6) is 0.874. The van der Waals surface area contributed by atoms with E-state index in [2.05, 4.69) is 20.7 Å². The van der Waals surface area contributed by atoms with Crippen LogP contribution in [0, 0.1) is 0 Å². The number of hydrogen-bond donors (Lipinski definition) is 2. The summed E-state index contributed by atoms with van der Waals surface area (Å²) in [5.41, 5.74) is 5.56. The lowest BCUT2D eigenvalue weighted by molar-refractivity contribution is 0.0954. The van der Waals surface area contributed by atoms with E-state index < -0.39 is 0 Å². The molecule has 4 rings (SSSR count). The molecular formula is C19H16N4O3. The van der Waals surface area contributed by atoms with E-state index in [1.807, 2.05) is 30.3 Å². The minimum atomic E-state index is -0.331. The van der Waals surface area contributed by atoms with Gasteiger partial charge in [-0.2, -0.15) is 10.2 Å². The third kappa shape index (κ3) is 3.27. The second kappa shape index (κ2) is 7.10. The van der Waals surface area contributed by atoms with Gasteiger partial charge in [0, 0.05) is 16.7 Å². The van der Waals surface area contributed by atoms with Crippen molar-refractivity contribution in [3.8, 4) is 22.8 Å². The molecule has 0 atom stereocenters. The van der Waals surface area contributed by atoms with E-state index in [0.29, 0.717) is 30.3 Å². The Labute approximate surface area is 149 Å². The first kappa shape index (κ1) is 15.9. The molecule has 0 saturated heterocycles. The molecule has 0 spiro atoms. The summed E-state index contributed by atoms with van der Waals surface area (Å²) in [6.45, 7) is 0.982. The molecular weight excluding hydrogens is 332 g/mol. The number of hydrazone groups is 1. The number of benzene rings is 2. The molecule has 1 aliphatic heterocycles. The highest BCUT2D eigenvalue weighted by Gasteiger charge is 2.14. The quantitative estimate of drug-likeness (QED) is 0.560. The van der Waals surface area contributed by atoms with Gasteiger partial charge in [-0.05, 0) is 18.2 Å². The number of aromatic nitrogens is 2. The van der Waals surface area contributed by atoms with E-state index in [-0.39, 0.29) is 5.91 Å². The summed E-state index contributed by atoms with van der Waals surface area (Å²) >= 11 is 0. The van der Waals surface area contributed by atoms with Gasteiger partial charge in [-0.15, -0.1) is 0 Å². The number of carbonyl (C=O) groups excluding carboxylic acids is 1. The Morgan fingerprint density at radius 3 is 2.77 bits per heavy atom. The van der Waals surface area contributed by atoms with E-state index in [9.17, 15) is 4.79 Å². The number of amides is 1. The lowest BCUT2D eigenvalue weighted by atomic mass is 10.1. The summed E-state index contributed by atoms with van der Waals surface area (Å²) in [5, 5.41) is 11.0. The Balaban J connectivity index is 1.46. The average Bonchev–Trinajstić information content (AvgIpc) is 3.17. The molecule has 2 heterocycles. The maximum absolute atomic E-state index is 12.3. The molecule has 3 aromatic rings. The number of hydrogen-bond acceptors (Lipinski definition) is 5. The molecule has 0 bridgehead atoms. The third-order valence-corrected chi connectivity index (χ3v) is 3.91. The number of nitrogens with zero attached hydrogens (tertiary/aromatic N) is 2. The predicted molar refractivity (Wildman–Crippen MR) is 96.5 cm³/mol. The second-order valence-electron chi connectivity index (χ2n) is 5.62. The molecule has 1 amide bonds. The third-order valence-electron chi connectivity index (χ3n) is 3.91. The monoisotopic (exact) mass is 348 g/mol. The standard InChI is InChI=1S/C19H16N4O3/c24-19(14-6-7-16-17(10-14)26-9-8-25-16)23-21-12-15-11-20-22-18(15)13-4-2-1-3-5-13/h1-7,10-12H,8-9H2,(H,20,22)(H,23,24)/b21-12+. The molecule has 0 aliphatic carbocycles. The van der Waals surface area contributed by atoms with Crippen LogP contribution in [-0.2, 0) is 0 Å². The van der Waals surface area contributed by atoms with Gasteiger partial charge in [-0.25, -0.2) is 5.43 Å². The normalized spacial score (nSPS) is 12.9. The highest BCUT2D eigenvalue weighted by atomic mass is 16.6. The van der Waals surface area contributed by atoms with Crippen molar-refractivity contribution in [1.82, 2.24) is 15.6 Å². The van der Waals surface area contributed by atoms with Crippen LogP contribution < -0.4 is 14.9 Å². The molecule has 1 aromatic heterocycles. The van der Waals surface area contributed by atoms with Crippen molar-refractivity contribution in [1.29, 1.82) is 0 Å². The lowest BCUT2D eigenvalue weighted by Crippen LogP contribution is -2.19. The zero-order valence-corrected chi connectivity index (χ0v) is 13.8. The first-order valence-electron chi connectivity index (χ1n) is 8.13. The van der Waals surface area contributed by atoms with E-state index >= 15 is 0 Å². The fourth-order valence-electron chi connectivity index (χ4n) is 2.64. The van der Waals surface area contributed by atoms with Crippen molar-refractivity contribution in [2.45, 2.75) is 0 Å². The van der Waals surface area contributed by atoms with E-state index in [1.165, 1.54) is 0 Å². The SMILES string of the molecule is O=C(N/N=C/c1cn[nH]c1-c1ccccc1)c1ccc2c(c1)OCCO2. The Kier molecular flexibility index (Phi) is 4.34. The number of aromatic amines is 1. The van der Waals surface area contributed by atoms with Crippen LogP contribution in [-0.4, -0.2) is 35.5 Å². The van der Waals surface area contributed by atoms with E-state index in [1.54, 1.807) is 30.6 Å². The van der Waals surface area contributed by atoms with Crippen LogP contribution in [0.15, 0.2) is 59.8 Å². The Hall–Kier alpha value is -3.61. The number of fused-ring (bicyclic) bond motifs is 1. The maximum Gasteiger partial charge on any atom is 0.271 e. The van der Waals surface area contributed by atoms with E-state index in [0.717, 1.165) is 16.8 Å². The molecule has 2 aromatic carbocycles. The number of nitrogens with one attached hydrogen (secondary N) is 2. The molecule has 0 unspecified atom stereocenters. The van der Waals surface area contributed by atoms with Crippen LogP contribution in [0.1, 0.15) is 15.9 Å². The zero-order valence-electron chi connectivity index (χ0n) is 13.8. The second-order valence-corrected chi connectivity index (χ2v) is 5.62. The van der Waals surface area contributed by atoms with Gasteiger partial charge in [0.15, 0.2) is 11.5 Å². The predicted octanol–water partition coefficient (Wildman–Crippen LogP) is 2.61. The maximum atomic E-state index is 12.3. The molecule has 7 nitrogen and oxygen atoms in total. The van der Waals surface area contributed by atoms with Crippen molar-refractivity contribution in [3.05, 3.63) is 65.9 Å². The molecule has 1 aliphatic rings. The van der Waals surface area contributed by atoms with Gasteiger partial charge in [-0.3, -0.25) is 9.89 Å². The fraction of sp³-hybridized carbons (Fsp3) is 0.105. The van der Waals surface area contributed by atoms with Gasteiger partial charge in [0.05, 0.1) is 18.1 Å². The summed E-state index contributed by atoms with van der Waals surface area (Å²) in [7, 11) is 0. The summed E-state index contributed by atoms with van der Waals surface area (Å²) in [4.78, 5) is 12.3. The zero-order chi connectivity index (χ0) is 17.8. The lowest BCUT2D eigenvalue weighted by Gasteiger charge is -2.18. The topological polar surface area (TPSA) is 88.6 Å². The first-order chi connectivity index (χ1) is 12.8. The molecule has 26 heavy (non-hydrogen) atoms. The minimum absolute atomic E-state index is 0.331. The Morgan fingerprint density at radius 2 is 1.92 bits per heavy atom. The van der Waals surface area contributed by atoms with Crippen LogP contribution in [0.3, 0.4) is 0 Å². The molecule has 0 radical (unpaired) electrons. The Morgan fingerprint density at radius 1 is 1.12 bits per heavy atom. The van der Waals surface area contributed by atoms with Crippen LogP contribution in [0.5, 0.6) is 11.5 Å². The van der Waals surface area contributed by atoms with Crippen LogP contribution in [0.25, 0.3) is 11.3 Å². The molecule has 2 N–H and O–H groups in total. The van der Waals surface area contributed by atoms with Gasteiger partial charge >= 0.3 is 0 Å². The van der Waals surface area contributed by atoms with Crippen LogP contribution in [0.2, 0.25) is 0 Å². The minimum Gasteiger partial charge on any atom is -0.486 e. The van der Waals surface area contributed by atoms with Crippen molar-refractivity contribution in [2.75, 3.05) is 13.2 Å². The number of rotatable bonds is 4. The summed E-state index contributed by atoms with van der Waals surface area (Å²) in [6.07, 6.45) is 3.21. The van der Waals surface area contributed by atoms with Gasteiger partial charge in [0.1, 0.15) is 13.2 Å². The molecule has 7 heteroatoms. The van der Waals surface area contributed by atoms with Gasteiger partial charge in [0.25, 0.3) is 5.91 Å². The highest BCUT2D eigenvalue weighted by molar-refractivity contribution is 5.96. The van der Waals surface area contributed by atoms with E-state index in [4.69, 9.17) is 9.47 Å². The van der Waals surface area contributed by atoms with Crippen molar-refractivity contribution < 1.29 is 14.3 Å². The molecule has 0 saturated carbocycles. The van der Waals surface area contributed by atoms with Crippen molar-refractivity contribution in [2.24, 2.45) is 5.10 Å². The van der Waals surface area contributed by atoms with Crippen LogP contribution in [0.4, 0.5) is 0 Å². The van der Waals surface area contributed by atoms with Crippen molar-refractivity contribution in [3.63, 3.8) is 0 Å². The average molecular weight is 348 g/mol. The summed E-state index contributed by atoms with van der Waals surface area (Å²) in [6, 6.07) is 14.8. The smallest absolute Gasteiger partial charge is 0.271 e. The largest absolute Gasteiger partial charge is 0.486 e. The number of carbonyl (C=O) groups is 1. The van der Waals surface area contributed by atoms with Crippen molar-refractivity contribution >= 4 is 12.1 Å². The number of ether oxygens (including phenoxy) is 2. The van der Waals surface area contributed by atoms with Gasteiger partial charge < -0.3 is 9.47 Å². The highest BCUT2D eigenvalue weighted by Crippen LogP contribution is 2.30. The Bertz CT molecular complexity index is 950. The summed E-state index contributed by atoms with van der Waals surface area (Å²) < 4.78 is 10.9. The van der Waals surface area contributed by atoms with Gasteiger partial charge in [-0.1, -0.05) is 30.3 Å². The first-order valence-corrected chi connectivity index (χ1v) is 8.13. The molecule has 130 valence electrons. The fourth-order valence-corrected chi connectivity index (χ4v) is 2.64. The number of H-pyrrole nitrogens is 1.